The summed E-state index contributed by atoms with van der Waals surface area (Å²) in [7, 11) is 1.56. The Hall–Kier alpha value is -4.01. The molecule has 0 bridgehead atoms. The Bertz CT molecular complexity index is 1350. The fourth-order valence-corrected chi connectivity index (χ4v) is 3.13. The van der Waals surface area contributed by atoms with Crippen molar-refractivity contribution in [3.63, 3.8) is 0 Å². The van der Waals surface area contributed by atoms with Crippen molar-refractivity contribution in [3.05, 3.63) is 71.2 Å². The minimum atomic E-state index is -0.257. The number of rotatable bonds is 4. The normalized spacial score (nSPS) is 11.3. The number of ether oxygens (including phenoxy) is 1. The predicted molar refractivity (Wildman–Crippen MR) is 103 cm³/mol. The molecule has 9 nitrogen and oxygen atoms in total. The summed E-state index contributed by atoms with van der Waals surface area (Å²) in [5.41, 5.74) is 3.43. The molecular weight excluding hydrogens is 358 g/mol. The highest BCUT2D eigenvalue weighted by Crippen LogP contribution is 2.17. The second-order valence-corrected chi connectivity index (χ2v) is 6.24. The van der Waals surface area contributed by atoms with Crippen molar-refractivity contribution in [1.82, 2.24) is 34.1 Å². The second-order valence-electron chi connectivity index (χ2n) is 6.24. The lowest BCUT2D eigenvalue weighted by Crippen LogP contribution is -2.18. The van der Waals surface area contributed by atoms with E-state index in [2.05, 4.69) is 24.9 Å². The largest absolute Gasteiger partial charge is 0.481 e. The zero-order chi connectivity index (χ0) is 19.1. The van der Waals surface area contributed by atoms with Gasteiger partial charge in [-0.05, 0) is 17.7 Å². The van der Waals surface area contributed by atoms with Gasteiger partial charge in [0.05, 0.1) is 30.9 Å². The van der Waals surface area contributed by atoms with E-state index in [1.807, 2.05) is 30.3 Å². The summed E-state index contributed by atoms with van der Waals surface area (Å²) in [5, 5.41) is 0. The monoisotopic (exact) mass is 373 g/mol. The van der Waals surface area contributed by atoms with Gasteiger partial charge < -0.3 is 9.72 Å². The molecule has 0 amide bonds. The number of fused-ring (bicyclic) bond motifs is 2. The maximum atomic E-state index is 12.5. The Kier molecular flexibility index (Phi) is 3.64. The van der Waals surface area contributed by atoms with Crippen LogP contribution in [0, 0.1) is 0 Å². The molecule has 28 heavy (non-hydrogen) atoms. The van der Waals surface area contributed by atoms with Gasteiger partial charge in [-0.15, -0.1) is 0 Å². The SMILES string of the molecule is COc1ccc(Cn2c(=O)[nH]c3cnc(-n4cnc5ccccc54)nc32)cn1. The van der Waals surface area contributed by atoms with Gasteiger partial charge in [0.1, 0.15) is 11.8 Å². The molecule has 4 aromatic heterocycles. The first-order chi connectivity index (χ1) is 13.7. The molecule has 0 radical (unpaired) electrons. The van der Waals surface area contributed by atoms with Crippen molar-refractivity contribution in [2.24, 2.45) is 0 Å². The number of nitrogens with zero attached hydrogens (tertiary/aromatic N) is 6. The molecule has 1 aromatic carbocycles. The van der Waals surface area contributed by atoms with Crippen LogP contribution < -0.4 is 10.4 Å². The molecular formula is C19H15N7O2. The number of pyridine rings is 1. The summed E-state index contributed by atoms with van der Waals surface area (Å²) in [4.78, 5) is 32.8. The Morgan fingerprint density at radius 3 is 2.79 bits per heavy atom. The van der Waals surface area contributed by atoms with Crippen LogP contribution >= 0.6 is 0 Å². The van der Waals surface area contributed by atoms with Gasteiger partial charge in [0.25, 0.3) is 0 Å². The Morgan fingerprint density at radius 2 is 1.96 bits per heavy atom. The third-order valence-electron chi connectivity index (χ3n) is 4.51. The standard InChI is InChI=1S/C19H15N7O2/c1-28-16-7-6-12(8-20-16)10-25-17-14(23-19(25)27)9-21-18(24-17)26-11-22-13-4-2-3-5-15(13)26/h2-9,11H,10H2,1H3,(H,23,27). The molecule has 0 aliphatic rings. The van der Waals surface area contributed by atoms with Crippen LogP contribution in [0.3, 0.4) is 0 Å². The summed E-state index contributed by atoms with van der Waals surface area (Å²) in [6.07, 6.45) is 4.96. The maximum absolute atomic E-state index is 12.5. The van der Waals surface area contributed by atoms with Gasteiger partial charge >= 0.3 is 5.69 Å². The predicted octanol–water partition coefficient (Wildman–Crippen LogP) is 1.91. The van der Waals surface area contributed by atoms with E-state index in [1.165, 1.54) is 0 Å². The van der Waals surface area contributed by atoms with Gasteiger partial charge in [-0.25, -0.2) is 19.7 Å². The minimum absolute atomic E-state index is 0.257. The molecule has 1 N–H and O–H groups in total. The van der Waals surface area contributed by atoms with Crippen LogP contribution in [-0.2, 0) is 6.54 Å². The number of nitrogens with one attached hydrogen (secondary N) is 1. The maximum Gasteiger partial charge on any atom is 0.328 e. The average Bonchev–Trinajstić information content (AvgIpc) is 3.29. The highest BCUT2D eigenvalue weighted by atomic mass is 16.5. The van der Waals surface area contributed by atoms with E-state index in [1.54, 1.807) is 41.0 Å². The lowest BCUT2D eigenvalue weighted by Gasteiger charge is -2.06. The van der Waals surface area contributed by atoms with Gasteiger partial charge in [-0.1, -0.05) is 18.2 Å². The quantitative estimate of drug-likeness (QED) is 0.516. The van der Waals surface area contributed by atoms with Crippen LogP contribution in [0.2, 0.25) is 0 Å². The molecule has 0 fully saturated rings. The number of benzene rings is 1. The van der Waals surface area contributed by atoms with Crippen molar-refractivity contribution in [2.45, 2.75) is 6.54 Å². The summed E-state index contributed by atoms with van der Waals surface area (Å²) in [6.45, 7) is 0.330. The molecule has 138 valence electrons. The number of aromatic nitrogens is 7. The van der Waals surface area contributed by atoms with Gasteiger partial charge in [0.2, 0.25) is 11.8 Å². The molecule has 0 spiro atoms. The van der Waals surface area contributed by atoms with Gasteiger partial charge in [-0.2, -0.15) is 4.98 Å². The summed E-state index contributed by atoms with van der Waals surface area (Å²) >= 11 is 0. The van der Waals surface area contributed by atoms with Crippen molar-refractivity contribution in [3.8, 4) is 11.8 Å². The Labute approximate surface area is 158 Å². The fraction of sp³-hybridized carbons (Fsp3) is 0.105. The zero-order valence-electron chi connectivity index (χ0n) is 14.9. The first-order valence-corrected chi connectivity index (χ1v) is 8.60. The molecule has 0 aliphatic heterocycles. The number of H-pyrrole nitrogens is 1. The number of hydrogen-bond acceptors (Lipinski definition) is 6. The third kappa shape index (κ3) is 2.60. The molecule has 0 saturated heterocycles. The van der Waals surface area contributed by atoms with E-state index < -0.39 is 0 Å². The van der Waals surface area contributed by atoms with E-state index >= 15 is 0 Å². The lowest BCUT2D eigenvalue weighted by atomic mass is 10.3. The zero-order valence-corrected chi connectivity index (χ0v) is 14.9. The number of para-hydroxylation sites is 2. The smallest absolute Gasteiger partial charge is 0.328 e. The van der Waals surface area contributed by atoms with E-state index in [9.17, 15) is 4.79 Å². The van der Waals surface area contributed by atoms with E-state index in [0.29, 0.717) is 29.5 Å². The highest BCUT2D eigenvalue weighted by molar-refractivity contribution is 5.77. The summed E-state index contributed by atoms with van der Waals surface area (Å²) in [5.74, 6) is 0.966. The van der Waals surface area contributed by atoms with Crippen LogP contribution in [0.4, 0.5) is 0 Å². The fourth-order valence-electron chi connectivity index (χ4n) is 3.13. The van der Waals surface area contributed by atoms with Crippen LogP contribution in [0.25, 0.3) is 28.1 Å². The van der Waals surface area contributed by atoms with Crippen molar-refractivity contribution in [2.75, 3.05) is 7.11 Å². The van der Waals surface area contributed by atoms with E-state index in [4.69, 9.17) is 4.74 Å². The summed E-state index contributed by atoms with van der Waals surface area (Å²) < 4.78 is 8.43. The molecule has 0 aliphatic carbocycles. The van der Waals surface area contributed by atoms with Gasteiger partial charge in [-0.3, -0.25) is 9.13 Å². The molecule has 4 heterocycles. The first-order valence-electron chi connectivity index (χ1n) is 8.60. The van der Waals surface area contributed by atoms with Crippen LogP contribution in [0.15, 0.2) is 59.9 Å². The van der Waals surface area contributed by atoms with Crippen LogP contribution in [-0.4, -0.2) is 41.2 Å². The van der Waals surface area contributed by atoms with E-state index in [-0.39, 0.29) is 5.69 Å². The van der Waals surface area contributed by atoms with Crippen LogP contribution in [0.5, 0.6) is 5.88 Å². The molecule has 5 rings (SSSR count). The minimum Gasteiger partial charge on any atom is -0.481 e. The second kappa shape index (κ2) is 6.31. The molecule has 9 heteroatoms. The van der Waals surface area contributed by atoms with Gasteiger partial charge in [0, 0.05) is 12.3 Å². The average molecular weight is 373 g/mol. The summed E-state index contributed by atoms with van der Waals surface area (Å²) in [6, 6.07) is 11.4. The Morgan fingerprint density at radius 1 is 1.07 bits per heavy atom. The van der Waals surface area contributed by atoms with Crippen molar-refractivity contribution >= 4 is 22.2 Å². The molecule has 0 saturated carbocycles. The first kappa shape index (κ1) is 16.2. The molecule has 0 unspecified atom stereocenters. The van der Waals surface area contributed by atoms with Crippen molar-refractivity contribution < 1.29 is 4.74 Å². The molecule has 5 aromatic rings. The van der Waals surface area contributed by atoms with Crippen molar-refractivity contribution in [1.29, 1.82) is 0 Å². The molecule has 0 atom stereocenters. The van der Waals surface area contributed by atoms with Gasteiger partial charge in [0.15, 0.2) is 5.65 Å². The number of aromatic amines is 1. The van der Waals surface area contributed by atoms with Crippen LogP contribution in [0.1, 0.15) is 5.56 Å². The Balaban J connectivity index is 1.61. The third-order valence-corrected chi connectivity index (χ3v) is 4.51. The topological polar surface area (TPSA) is 104 Å². The number of imidazole rings is 2. The van der Waals surface area contributed by atoms with E-state index in [0.717, 1.165) is 16.6 Å². The number of hydrogen-bond donors (Lipinski definition) is 1. The number of methoxy groups -OCH3 is 1. The highest BCUT2D eigenvalue weighted by Gasteiger charge is 2.13. The lowest BCUT2D eigenvalue weighted by molar-refractivity contribution is 0.397.